The van der Waals surface area contributed by atoms with Crippen LogP contribution in [0.25, 0.3) is 10.9 Å². The van der Waals surface area contributed by atoms with Crippen LogP contribution < -0.4 is 5.32 Å². The zero-order valence-electron chi connectivity index (χ0n) is 14.5. The number of aromatic hydroxyl groups is 1. The van der Waals surface area contributed by atoms with Crippen molar-refractivity contribution in [2.75, 3.05) is 6.54 Å². The number of nitrogens with zero attached hydrogens (tertiary/aromatic N) is 3. The molecule has 8 heteroatoms. The van der Waals surface area contributed by atoms with Gasteiger partial charge in [-0.25, -0.2) is 0 Å². The molecule has 0 fully saturated rings. The lowest BCUT2D eigenvalue weighted by atomic mass is 10.2. The Balaban J connectivity index is 1.64. The summed E-state index contributed by atoms with van der Waals surface area (Å²) < 4.78 is 1.53. The molecule has 0 atom stereocenters. The lowest BCUT2D eigenvalue weighted by Crippen LogP contribution is -2.25. The monoisotopic (exact) mass is 384 g/mol. The average molecular weight is 385 g/mol. The van der Waals surface area contributed by atoms with Gasteiger partial charge in [0, 0.05) is 36.0 Å². The van der Waals surface area contributed by atoms with Crippen LogP contribution in [0.15, 0.2) is 58.8 Å². The van der Waals surface area contributed by atoms with E-state index < -0.39 is 5.91 Å². The van der Waals surface area contributed by atoms with E-state index in [0.717, 1.165) is 0 Å². The van der Waals surface area contributed by atoms with Gasteiger partial charge >= 0.3 is 0 Å². The number of aryl methyl sites for hydroxylation is 1. The molecule has 1 heterocycles. The lowest BCUT2D eigenvalue weighted by Gasteiger charge is -2.02. The van der Waals surface area contributed by atoms with Gasteiger partial charge in [-0.3, -0.25) is 9.59 Å². The predicted octanol–water partition coefficient (Wildman–Crippen LogP) is 3.97. The first-order valence-electron chi connectivity index (χ1n) is 8.22. The fourth-order valence-electron chi connectivity index (χ4n) is 2.61. The molecule has 0 saturated heterocycles. The first-order chi connectivity index (χ1) is 13.0. The number of hydrogen-bond donors (Lipinski definition) is 2. The first kappa shape index (κ1) is 18.6. The molecular formula is C19H17ClN4O3. The number of azo groups is 1. The number of benzene rings is 2. The minimum absolute atomic E-state index is 0.00560. The molecule has 3 aromatic rings. The van der Waals surface area contributed by atoms with Crippen molar-refractivity contribution in [3.8, 4) is 5.88 Å². The molecule has 0 radical (unpaired) electrons. The van der Waals surface area contributed by atoms with Gasteiger partial charge in [0.05, 0.1) is 5.52 Å². The van der Waals surface area contributed by atoms with Crippen molar-refractivity contribution in [2.45, 2.75) is 6.42 Å². The van der Waals surface area contributed by atoms with Gasteiger partial charge in [0.1, 0.15) is 0 Å². The molecule has 3 rings (SSSR count). The quantitative estimate of drug-likeness (QED) is 0.651. The fraction of sp³-hybridized carbons (Fsp3) is 0.158. The van der Waals surface area contributed by atoms with Gasteiger partial charge in [-0.1, -0.05) is 29.8 Å². The standard InChI is InChI=1S/C19H17ClN4O3/c1-24-15-8-7-13(20)11-14(15)17(19(24)27)23-22-16(25)9-10-21-18(26)12-5-3-2-4-6-12/h2-8,11,27H,9-10H2,1H3,(H,21,26). The smallest absolute Gasteiger partial charge is 0.266 e. The molecule has 0 saturated carbocycles. The molecule has 138 valence electrons. The number of carbonyl (C=O) groups is 2. The molecule has 0 aliphatic rings. The summed E-state index contributed by atoms with van der Waals surface area (Å²) in [6.45, 7) is 0.138. The molecule has 1 aromatic heterocycles. The zero-order chi connectivity index (χ0) is 19.4. The average Bonchev–Trinajstić information content (AvgIpc) is 2.90. The van der Waals surface area contributed by atoms with Gasteiger partial charge < -0.3 is 15.0 Å². The number of hydrogen-bond acceptors (Lipinski definition) is 4. The van der Waals surface area contributed by atoms with E-state index in [2.05, 4.69) is 15.5 Å². The highest BCUT2D eigenvalue weighted by Crippen LogP contribution is 2.39. The van der Waals surface area contributed by atoms with E-state index in [1.165, 1.54) is 4.57 Å². The van der Waals surface area contributed by atoms with Crippen molar-refractivity contribution in [3.05, 3.63) is 59.1 Å². The first-order valence-corrected chi connectivity index (χ1v) is 8.60. The Bertz CT molecular complexity index is 1030. The number of rotatable bonds is 5. The number of fused-ring (bicyclic) bond motifs is 1. The van der Waals surface area contributed by atoms with Gasteiger partial charge in [0.2, 0.25) is 5.88 Å². The molecule has 0 unspecified atom stereocenters. The summed E-state index contributed by atoms with van der Waals surface area (Å²) in [5.41, 5.74) is 1.41. The summed E-state index contributed by atoms with van der Waals surface area (Å²) in [6, 6.07) is 13.8. The molecule has 0 aliphatic heterocycles. The number of amides is 2. The van der Waals surface area contributed by atoms with Gasteiger partial charge in [-0.2, -0.15) is 0 Å². The molecule has 27 heavy (non-hydrogen) atoms. The lowest BCUT2D eigenvalue weighted by molar-refractivity contribution is -0.118. The minimum atomic E-state index is -0.512. The normalized spacial score (nSPS) is 11.2. The van der Waals surface area contributed by atoms with Crippen LogP contribution in [0, 0.1) is 0 Å². The Kier molecular flexibility index (Phi) is 5.52. The van der Waals surface area contributed by atoms with Crippen LogP contribution in [0.5, 0.6) is 5.88 Å². The van der Waals surface area contributed by atoms with Crippen molar-refractivity contribution in [1.82, 2.24) is 9.88 Å². The van der Waals surface area contributed by atoms with Crippen LogP contribution in [0.4, 0.5) is 5.69 Å². The Hall–Kier alpha value is -3.19. The highest BCUT2D eigenvalue weighted by Gasteiger charge is 2.15. The predicted molar refractivity (Wildman–Crippen MR) is 103 cm³/mol. The molecule has 2 aromatic carbocycles. The molecule has 0 aliphatic carbocycles. The highest BCUT2D eigenvalue weighted by atomic mass is 35.5. The Morgan fingerprint density at radius 3 is 2.67 bits per heavy atom. The second-order valence-corrected chi connectivity index (χ2v) is 6.29. The maximum absolute atomic E-state index is 11.9. The van der Waals surface area contributed by atoms with Crippen molar-refractivity contribution < 1.29 is 14.7 Å². The fourth-order valence-corrected chi connectivity index (χ4v) is 2.78. The molecule has 2 amide bonds. The zero-order valence-corrected chi connectivity index (χ0v) is 15.3. The summed E-state index contributed by atoms with van der Waals surface area (Å²) in [7, 11) is 1.67. The molecular weight excluding hydrogens is 368 g/mol. The maximum Gasteiger partial charge on any atom is 0.266 e. The largest absolute Gasteiger partial charge is 0.493 e. The van der Waals surface area contributed by atoms with Crippen molar-refractivity contribution >= 4 is 40.0 Å². The molecule has 0 spiro atoms. The van der Waals surface area contributed by atoms with E-state index >= 15 is 0 Å². The van der Waals surface area contributed by atoms with Gasteiger partial charge in [0.25, 0.3) is 11.8 Å². The summed E-state index contributed by atoms with van der Waals surface area (Å²) >= 11 is 5.99. The number of aromatic nitrogens is 1. The second kappa shape index (κ2) is 8.01. The summed E-state index contributed by atoms with van der Waals surface area (Å²) in [5, 5.41) is 21.4. The van der Waals surface area contributed by atoms with Crippen LogP contribution in [-0.4, -0.2) is 28.0 Å². The molecule has 7 nitrogen and oxygen atoms in total. The third kappa shape index (κ3) is 4.15. The van der Waals surface area contributed by atoms with E-state index in [4.69, 9.17) is 11.6 Å². The Morgan fingerprint density at radius 2 is 1.93 bits per heavy atom. The van der Waals surface area contributed by atoms with E-state index in [9.17, 15) is 14.7 Å². The SMILES string of the molecule is Cn1c(O)c(N=NC(=O)CCNC(=O)c2ccccc2)c2cc(Cl)ccc21. The van der Waals surface area contributed by atoms with Crippen molar-refractivity contribution in [1.29, 1.82) is 0 Å². The maximum atomic E-state index is 11.9. The van der Waals surface area contributed by atoms with E-state index in [1.807, 2.05) is 6.07 Å². The number of carbonyl (C=O) groups excluding carboxylic acids is 2. The second-order valence-electron chi connectivity index (χ2n) is 5.86. The van der Waals surface area contributed by atoms with Gasteiger partial charge in [0.15, 0.2) is 5.69 Å². The van der Waals surface area contributed by atoms with Crippen LogP contribution >= 0.6 is 11.6 Å². The van der Waals surface area contributed by atoms with Crippen LogP contribution in [0.3, 0.4) is 0 Å². The third-order valence-electron chi connectivity index (χ3n) is 4.03. The van der Waals surface area contributed by atoms with Crippen molar-refractivity contribution in [3.63, 3.8) is 0 Å². The summed E-state index contributed by atoms with van der Waals surface area (Å²) in [5.74, 6) is -0.885. The van der Waals surface area contributed by atoms with Gasteiger partial charge in [-0.15, -0.1) is 10.2 Å². The van der Waals surface area contributed by atoms with Crippen LogP contribution in [0.1, 0.15) is 16.8 Å². The van der Waals surface area contributed by atoms with Gasteiger partial charge in [-0.05, 0) is 30.3 Å². The van der Waals surface area contributed by atoms with E-state index in [0.29, 0.717) is 21.5 Å². The van der Waals surface area contributed by atoms with E-state index in [-0.39, 0.29) is 30.4 Å². The number of nitrogens with one attached hydrogen (secondary N) is 1. The summed E-state index contributed by atoms with van der Waals surface area (Å²) in [6.07, 6.45) is -0.00560. The Labute approximate surface area is 160 Å². The topological polar surface area (TPSA) is 96.0 Å². The summed E-state index contributed by atoms with van der Waals surface area (Å²) in [4.78, 5) is 23.8. The minimum Gasteiger partial charge on any atom is -0.493 e. The van der Waals surface area contributed by atoms with E-state index in [1.54, 1.807) is 49.5 Å². The molecule has 0 bridgehead atoms. The Morgan fingerprint density at radius 1 is 1.19 bits per heavy atom. The molecule has 2 N–H and O–H groups in total. The highest BCUT2D eigenvalue weighted by molar-refractivity contribution is 6.31. The third-order valence-corrected chi connectivity index (χ3v) is 4.26. The van der Waals surface area contributed by atoms with Crippen LogP contribution in [-0.2, 0) is 11.8 Å². The van der Waals surface area contributed by atoms with Crippen LogP contribution in [0.2, 0.25) is 5.02 Å². The van der Waals surface area contributed by atoms with Crippen molar-refractivity contribution in [2.24, 2.45) is 17.3 Å². The number of halogens is 1.